The summed E-state index contributed by atoms with van der Waals surface area (Å²) in [4.78, 5) is 16.4. The molecule has 0 unspecified atom stereocenters. The third-order valence-corrected chi connectivity index (χ3v) is 6.23. The zero-order valence-corrected chi connectivity index (χ0v) is 13.6. The van der Waals surface area contributed by atoms with Gasteiger partial charge in [0.1, 0.15) is 0 Å². The van der Waals surface area contributed by atoms with Crippen molar-refractivity contribution in [3.63, 3.8) is 0 Å². The van der Waals surface area contributed by atoms with E-state index in [0.29, 0.717) is 6.54 Å². The molecule has 5 nitrogen and oxygen atoms in total. The topological polar surface area (TPSA) is 57.7 Å². The van der Waals surface area contributed by atoms with Gasteiger partial charge < -0.3 is 4.90 Å². The van der Waals surface area contributed by atoms with Crippen LogP contribution in [0.15, 0.2) is 30.3 Å². The van der Waals surface area contributed by atoms with E-state index in [9.17, 15) is 13.2 Å². The van der Waals surface area contributed by atoms with Gasteiger partial charge in [0.25, 0.3) is 0 Å². The SMILES string of the molecule is CCCCN1CC(=O)N(c2ccccc2)[C@@H]2CS(=O)(=O)C[C@H]21. The van der Waals surface area contributed by atoms with E-state index in [4.69, 9.17) is 0 Å². The summed E-state index contributed by atoms with van der Waals surface area (Å²) in [5.41, 5.74) is 0.801. The zero-order valence-electron chi connectivity index (χ0n) is 12.8. The van der Waals surface area contributed by atoms with Gasteiger partial charge in [-0.1, -0.05) is 31.5 Å². The number of carbonyl (C=O) groups is 1. The fourth-order valence-corrected chi connectivity index (χ4v) is 5.47. The van der Waals surface area contributed by atoms with E-state index in [-0.39, 0.29) is 29.5 Å². The summed E-state index contributed by atoms with van der Waals surface area (Å²) in [6, 6.07) is 9.08. The monoisotopic (exact) mass is 322 g/mol. The molecule has 0 spiro atoms. The lowest BCUT2D eigenvalue weighted by atomic mass is 10.0. The molecule has 2 saturated heterocycles. The molecule has 1 aromatic carbocycles. The first-order chi connectivity index (χ1) is 10.5. The summed E-state index contributed by atoms with van der Waals surface area (Å²) in [6.07, 6.45) is 2.03. The van der Waals surface area contributed by atoms with Gasteiger partial charge in [-0.15, -0.1) is 0 Å². The predicted molar refractivity (Wildman–Crippen MR) is 86.6 cm³/mol. The number of benzene rings is 1. The number of rotatable bonds is 4. The number of sulfone groups is 1. The molecule has 22 heavy (non-hydrogen) atoms. The van der Waals surface area contributed by atoms with Gasteiger partial charge in [0, 0.05) is 11.7 Å². The number of anilines is 1. The van der Waals surface area contributed by atoms with Crippen molar-refractivity contribution in [2.45, 2.75) is 31.8 Å². The van der Waals surface area contributed by atoms with E-state index in [1.54, 1.807) is 4.90 Å². The second kappa shape index (κ2) is 6.01. The smallest absolute Gasteiger partial charge is 0.241 e. The highest BCUT2D eigenvalue weighted by molar-refractivity contribution is 7.91. The van der Waals surface area contributed by atoms with Crippen LogP contribution in [-0.2, 0) is 14.6 Å². The standard InChI is InChI=1S/C16H22N2O3S/c1-2-3-9-17-10-16(19)18(13-7-5-4-6-8-13)15-12-22(20,21)11-14(15)17/h4-8,14-15H,2-3,9-12H2,1H3/t14-,15-/m1/s1. The molecule has 2 atom stereocenters. The van der Waals surface area contributed by atoms with Crippen molar-refractivity contribution in [3.05, 3.63) is 30.3 Å². The molecule has 2 heterocycles. The van der Waals surface area contributed by atoms with Gasteiger partial charge in [0.15, 0.2) is 9.84 Å². The maximum absolute atomic E-state index is 12.6. The van der Waals surface area contributed by atoms with Crippen LogP contribution in [0, 0.1) is 0 Å². The lowest BCUT2D eigenvalue weighted by Gasteiger charge is -2.43. The van der Waals surface area contributed by atoms with E-state index in [0.717, 1.165) is 25.1 Å². The Hall–Kier alpha value is -1.40. The third kappa shape index (κ3) is 2.90. The highest BCUT2D eigenvalue weighted by Crippen LogP contribution is 2.31. The number of hydrogen-bond donors (Lipinski definition) is 0. The highest BCUT2D eigenvalue weighted by atomic mass is 32.2. The molecule has 120 valence electrons. The first-order valence-electron chi connectivity index (χ1n) is 7.83. The molecular formula is C16H22N2O3S. The van der Waals surface area contributed by atoms with Gasteiger partial charge in [-0.25, -0.2) is 8.42 Å². The number of hydrogen-bond acceptors (Lipinski definition) is 4. The summed E-state index contributed by atoms with van der Waals surface area (Å²) in [5.74, 6) is 0.236. The van der Waals surface area contributed by atoms with Crippen molar-refractivity contribution < 1.29 is 13.2 Å². The van der Waals surface area contributed by atoms with Crippen molar-refractivity contribution in [3.8, 4) is 0 Å². The van der Waals surface area contributed by atoms with Gasteiger partial charge in [0.05, 0.1) is 24.1 Å². The van der Waals surface area contributed by atoms with Gasteiger partial charge in [-0.05, 0) is 25.1 Å². The van der Waals surface area contributed by atoms with Crippen LogP contribution in [0.3, 0.4) is 0 Å². The lowest BCUT2D eigenvalue weighted by molar-refractivity contribution is -0.123. The molecule has 0 radical (unpaired) electrons. The third-order valence-electron chi connectivity index (χ3n) is 4.53. The van der Waals surface area contributed by atoms with Gasteiger partial charge in [-0.2, -0.15) is 0 Å². The van der Waals surface area contributed by atoms with Gasteiger partial charge in [0.2, 0.25) is 5.91 Å². The number of nitrogens with zero attached hydrogens (tertiary/aromatic N) is 2. The van der Waals surface area contributed by atoms with Crippen molar-refractivity contribution in [1.29, 1.82) is 0 Å². The minimum atomic E-state index is -3.09. The molecule has 0 N–H and O–H groups in total. The van der Waals surface area contributed by atoms with Gasteiger partial charge >= 0.3 is 0 Å². The fourth-order valence-electron chi connectivity index (χ4n) is 3.49. The Kier molecular flexibility index (Phi) is 4.23. The molecule has 3 rings (SSSR count). The average molecular weight is 322 g/mol. The average Bonchev–Trinajstić information content (AvgIpc) is 2.80. The number of amides is 1. The lowest BCUT2D eigenvalue weighted by Crippen LogP contribution is -2.62. The Morgan fingerprint density at radius 2 is 1.82 bits per heavy atom. The van der Waals surface area contributed by atoms with E-state index in [2.05, 4.69) is 11.8 Å². The maximum atomic E-state index is 12.6. The summed E-state index contributed by atoms with van der Waals surface area (Å²) in [6.45, 7) is 3.21. The molecule has 2 fully saturated rings. The molecule has 0 bridgehead atoms. The normalized spacial score (nSPS) is 27.9. The molecule has 0 aliphatic carbocycles. The van der Waals surface area contributed by atoms with E-state index in [1.165, 1.54) is 0 Å². The number of piperazine rings is 1. The van der Waals surface area contributed by atoms with Crippen LogP contribution in [0.5, 0.6) is 0 Å². The molecular weight excluding hydrogens is 300 g/mol. The Morgan fingerprint density at radius 1 is 1.14 bits per heavy atom. The first kappa shape index (κ1) is 15.5. The predicted octanol–water partition coefficient (Wildman–Crippen LogP) is 1.30. The van der Waals surface area contributed by atoms with Crippen LogP contribution in [0.4, 0.5) is 5.69 Å². The van der Waals surface area contributed by atoms with Crippen LogP contribution in [0.2, 0.25) is 0 Å². The molecule has 6 heteroatoms. The number of unbranched alkanes of at least 4 members (excludes halogenated alkanes) is 1. The van der Waals surface area contributed by atoms with Crippen LogP contribution < -0.4 is 4.90 Å². The first-order valence-corrected chi connectivity index (χ1v) is 9.65. The molecule has 2 aliphatic heterocycles. The second-order valence-electron chi connectivity index (χ2n) is 6.13. The van der Waals surface area contributed by atoms with E-state index < -0.39 is 9.84 Å². The quantitative estimate of drug-likeness (QED) is 0.838. The largest absolute Gasteiger partial charge is 0.306 e. The summed E-state index contributed by atoms with van der Waals surface area (Å²) < 4.78 is 24.3. The van der Waals surface area contributed by atoms with Crippen LogP contribution in [0.25, 0.3) is 0 Å². The second-order valence-corrected chi connectivity index (χ2v) is 8.29. The summed E-state index contributed by atoms with van der Waals surface area (Å²) in [5, 5.41) is 0. The number of para-hydroxylation sites is 1. The van der Waals surface area contributed by atoms with Crippen LogP contribution in [0.1, 0.15) is 19.8 Å². The summed E-state index contributed by atoms with van der Waals surface area (Å²) in [7, 11) is -3.09. The molecule has 1 aromatic rings. The van der Waals surface area contributed by atoms with Crippen LogP contribution >= 0.6 is 0 Å². The van der Waals surface area contributed by atoms with Gasteiger partial charge in [-0.3, -0.25) is 9.69 Å². The highest BCUT2D eigenvalue weighted by Gasteiger charge is 2.49. The maximum Gasteiger partial charge on any atom is 0.241 e. The van der Waals surface area contributed by atoms with Crippen molar-refractivity contribution in [1.82, 2.24) is 4.90 Å². The number of carbonyl (C=O) groups excluding carboxylic acids is 1. The Balaban J connectivity index is 1.92. The minimum Gasteiger partial charge on any atom is -0.306 e. The number of fused-ring (bicyclic) bond motifs is 1. The summed E-state index contributed by atoms with van der Waals surface area (Å²) >= 11 is 0. The van der Waals surface area contributed by atoms with Crippen molar-refractivity contribution >= 4 is 21.4 Å². The Morgan fingerprint density at radius 3 is 2.50 bits per heavy atom. The fraction of sp³-hybridized carbons (Fsp3) is 0.562. The Labute approximate surface area is 131 Å². The molecule has 0 aromatic heterocycles. The molecule has 0 saturated carbocycles. The van der Waals surface area contributed by atoms with Crippen molar-refractivity contribution in [2.24, 2.45) is 0 Å². The van der Waals surface area contributed by atoms with Crippen LogP contribution in [-0.4, -0.2) is 55.9 Å². The Bertz CT molecular complexity index is 645. The van der Waals surface area contributed by atoms with Crippen molar-refractivity contribution in [2.75, 3.05) is 29.5 Å². The zero-order chi connectivity index (χ0) is 15.7. The van der Waals surface area contributed by atoms with E-state index >= 15 is 0 Å². The molecule has 2 aliphatic rings. The minimum absolute atomic E-state index is 0.000605. The molecule has 1 amide bonds. The van der Waals surface area contributed by atoms with E-state index in [1.807, 2.05) is 30.3 Å².